The van der Waals surface area contributed by atoms with Crippen LogP contribution in [0.1, 0.15) is 51.5 Å². The van der Waals surface area contributed by atoms with Gasteiger partial charge in [-0.15, -0.1) is 11.8 Å². The quantitative estimate of drug-likeness (QED) is 0.553. The van der Waals surface area contributed by atoms with E-state index in [2.05, 4.69) is 33.0 Å². The molecule has 26 heavy (non-hydrogen) atoms. The van der Waals surface area contributed by atoms with Crippen molar-refractivity contribution in [3.63, 3.8) is 0 Å². The van der Waals surface area contributed by atoms with Gasteiger partial charge >= 0.3 is 6.09 Å². The van der Waals surface area contributed by atoms with Crippen molar-refractivity contribution in [2.24, 2.45) is 0 Å². The summed E-state index contributed by atoms with van der Waals surface area (Å²) in [5.41, 5.74) is 2.50. The normalized spacial score (nSPS) is 25.2. The van der Waals surface area contributed by atoms with Gasteiger partial charge in [-0.2, -0.15) is 0 Å². The van der Waals surface area contributed by atoms with Gasteiger partial charge in [0.2, 0.25) is 0 Å². The van der Waals surface area contributed by atoms with Gasteiger partial charge in [-0.1, -0.05) is 15.9 Å². The van der Waals surface area contributed by atoms with E-state index in [1.807, 2.05) is 37.4 Å². The van der Waals surface area contributed by atoms with Crippen LogP contribution in [0.5, 0.6) is 0 Å². The van der Waals surface area contributed by atoms with Gasteiger partial charge < -0.3 is 14.5 Å². The van der Waals surface area contributed by atoms with Gasteiger partial charge in [0.05, 0.1) is 5.69 Å². The van der Waals surface area contributed by atoms with Crippen LogP contribution in [0, 0.1) is 0 Å². The van der Waals surface area contributed by atoms with Gasteiger partial charge in [0, 0.05) is 41.0 Å². The summed E-state index contributed by atoms with van der Waals surface area (Å²) in [5, 5.41) is 0. The number of anilines is 1. The monoisotopic (exact) mass is 438 g/mol. The Morgan fingerprint density at radius 3 is 2.77 bits per heavy atom. The number of hydrogen-bond acceptors (Lipinski definition) is 4. The van der Waals surface area contributed by atoms with E-state index in [0.717, 1.165) is 32.5 Å². The zero-order valence-electron chi connectivity index (χ0n) is 15.8. The van der Waals surface area contributed by atoms with Crippen molar-refractivity contribution >= 4 is 39.5 Å². The van der Waals surface area contributed by atoms with E-state index < -0.39 is 5.60 Å². The van der Waals surface area contributed by atoms with Crippen LogP contribution in [0.3, 0.4) is 0 Å². The van der Waals surface area contributed by atoms with E-state index in [1.54, 1.807) is 0 Å². The summed E-state index contributed by atoms with van der Waals surface area (Å²) in [5.74, 6) is 1.69. The largest absolute Gasteiger partial charge is 0.444 e. The fourth-order valence-electron chi connectivity index (χ4n) is 4.49. The molecular weight excluding hydrogens is 412 g/mol. The Labute approximate surface area is 168 Å². The summed E-state index contributed by atoms with van der Waals surface area (Å²) < 4.78 is 6.78. The second-order valence-electron chi connectivity index (χ2n) is 8.46. The number of hydrogen-bond donors (Lipinski definition) is 0. The minimum absolute atomic E-state index is 0.168. The molecule has 1 amide bonds. The molecule has 4 nitrogen and oxygen atoms in total. The molecule has 1 saturated heterocycles. The Morgan fingerprint density at radius 1 is 1.23 bits per heavy atom. The van der Waals surface area contributed by atoms with Gasteiger partial charge in [-0.25, -0.2) is 4.79 Å². The predicted molar refractivity (Wildman–Crippen MR) is 110 cm³/mol. The van der Waals surface area contributed by atoms with Crippen LogP contribution in [-0.4, -0.2) is 48.0 Å². The van der Waals surface area contributed by atoms with Crippen molar-refractivity contribution in [1.29, 1.82) is 0 Å². The highest BCUT2D eigenvalue weighted by Crippen LogP contribution is 2.51. The van der Waals surface area contributed by atoms with Gasteiger partial charge in [-0.05, 0) is 63.5 Å². The second-order valence-corrected chi connectivity index (χ2v) is 10.5. The molecule has 6 heteroatoms. The maximum absolute atomic E-state index is 12.5. The summed E-state index contributed by atoms with van der Waals surface area (Å²) in [4.78, 5) is 18.5. The molecule has 0 saturated carbocycles. The van der Waals surface area contributed by atoms with Crippen LogP contribution in [0.2, 0.25) is 0 Å². The van der Waals surface area contributed by atoms with Crippen LogP contribution in [0.15, 0.2) is 21.5 Å². The number of carbonyl (C=O) groups excluding carboxylic acids is 1. The van der Waals surface area contributed by atoms with E-state index in [1.165, 1.54) is 32.8 Å². The smallest absolute Gasteiger partial charge is 0.410 e. The third kappa shape index (κ3) is 3.47. The first kappa shape index (κ1) is 18.5. The Bertz CT molecular complexity index is 718. The van der Waals surface area contributed by atoms with Gasteiger partial charge in [-0.3, -0.25) is 0 Å². The highest BCUT2D eigenvalue weighted by Gasteiger charge is 2.42. The molecule has 3 aliphatic heterocycles. The third-order valence-electron chi connectivity index (χ3n) is 5.48. The molecule has 0 aromatic heterocycles. The molecular formula is C20H27BrN2O2S. The summed E-state index contributed by atoms with van der Waals surface area (Å²) in [6, 6.07) is 5.09. The molecule has 3 heterocycles. The maximum Gasteiger partial charge on any atom is 0.410 e. The number of ether oxygens (including phenoxy) is 1. The Balaban J connectivity index is 1.60. The number of halogens is 1. The average Bonchev–Trinajstić information content (AvgIpc) is 2.74. The first-order valence-corrected chi connectivity index (χ1v) is 11.3. The van der Waals surface area contributed by atoms with Crippen molar-refractivity contribution < 1.29 is 9.53 Å². The highest BCUT2D eigenvalue weighted by molar-refractivity contribution is 9.10. The standard InChI is InChI=1S/C20H27BrN2O2S/c1-20(2,3)25-19(24)22-8-5-14-15-11-13(21)12-17-18(15)23(7-4-10-26-17)16(14)6-9-22/h11-12,14,16H,4-10H2,1-3H3. The van der Waals surface area contributed by atoms with Crippen molar-refractivity contribution in [1.82, 2.24) is 4.90 Å². The van der Waals surface area contributed by atoms with Crippen molar-refractivity contribution in [3.8, 4) is 0 Å². The number of thioether (sulfide) groups is 1. The van der Waals surface area contributed by atoms with Crippen LogP contribution in [0.4, 0.5) is 10.5 Å². The summed E-state index contributed by atoms with van der Waals surface area (Å²) >= 11 is 5.70. The SMILES string of the molecule is CC(C)(C)OC(=O)N1CCC2c3cc(Br)cc4c3N(CCCS4)C2CC1. The van der Waals surface area contributed by atoms with Crippen molar-refractivity contribution in [2.45, 2.75) is 62.5 Å². The molecule has 0 bridgehead atoms. The van der Waals surface area contributed by atoms with E-state index >= 15 is 0 Å². The molecule has 1 fully saturated rings. The summed E-state index contributed by atoms with van der Waals surface area (Å²) in [7, 11) is 0. The lowest BCUT2D eigenvalue weighted by Crippen LogP contribution is -2.39. The molecule has 0 aliphatic carbocycles. The molecule has 4 rings (SSSR count). The van der Waals surface area contributed by atoms with E-state index in [9.17, 15) is 4.79 Å². The van der Waals surface area contributed by atoms with Gasteiger partial charge in [0.1, 0.15) is 5.60 Å². The first-order valence-electron chi connectivity index (χ1n) is 9.54. The molecule has 0 spiro atoms. The first-order chi connectivity index (χ1) is 12.3. The van der Waals surface area contributed by atoms with E-state index in [-0.39, 0.29) is 6.09 Å². The fraction of sp³-hybridized carbons (Fsp3) is 0.650. The maximum atomic E-state index is 12.5. The molecule has 2 atom stereocenters. The van der Waals surface area contributed by atoms with Crippen LogP contribution < -0.4 is 4.90 Å². The zero-order chi connectivity index (χ0) is 18.5. The Kier molecular flexibility index (Phi) is 4.93. The Hall–Kier alpha value is -0.880. The lowest BCUT2D eigenvalue weighted by Gasteiger charge is -2.29. The van der Waals surface area contributed by atoms with E-state index in [4.69, 9.17) is 4.74 Å². The van der Waals surface area contributed by atoms with Gasteiger partial charge in [0.25, 0.3) is 0 Å². The van der Waals surface area contributed by atoms with Crippen molar-refractivity contribution in [2.75, 3.05) is 30.3 Å². The number of amides is 1. The number of fused-ring (bicyclic) bond motifs is 3. The lowest BCUT2D eigenvalue weighted by molar-refractivity contribution is 0.0255. The molecule has 0 radical (unpaired) electrons. The topological polar surface area (TPSA) is 32.8 Å². The van der Waals surface area contributed by atoms with E-state index in [0.29, 0.717) is 12.0 Å². The van der Waals surface area contributed by atoms with Crippen LogP contribution in [0.25, 0.3) is 0 Å². The van der Waals surface area contributed by atoms with Crippen LogP contribution in [-0.2, 0) is 4.74 Å². The third-order valence-corrected chi connectivity index (χ3v) is 7.05. The summed E-state index contributed by atoms with van der Waals surface area (Å²) in [6.07, 6.45) is 3.07. The molecule has 3 aliphatic rings. The molecule has 1 aromatic rings. The molecule has 0 N–H and O–H groups in total. The lowest BCUT2D eigenvalue weighted by atomic mass is 9.91. The average molecular weight is 439 g/mol. The van der Waals surface area contributed by atoms with Crippen LogP contribution >= 0.6 is 27.7 Å². The van der Waals surface area contributed by atoms with Crippen molar-refractivity contribution in [3.05, 3.63) is 22.2 Å². The fourth-order valence-corrected chi connectivity index (χ4v) is 6.19. The summed E-state index contributed by atoms with van der Waals surface area (Å²) in [6.45, 7) is 8.48. The number of carbonyl (C=O) groups is 1. The Morgan fingerprint density at radius 2 is 2.00 bits per heavy atom. The number of likely N-dealkylation sites (tertiary alicyclic amines) is 1. The minimum Gasteiger partial charge on any atom is -0.444 e. The number of nitrogens with zero attached hydrogens (tertiary/aromatic N) is 2. The van der Waals surface area contributed by atoms with Gasteiger partial charge in [0.15, 0.2) is 0 Å². The predicted octanol–water partition coefficient (Wildman–Crippen LogP) is 5.25. The molecule has 2 unspecified atom stereocenters. The zero-order valence-corrected chi connectivity index (χ0v) is 18.2. The second kappa shape index (κ2) is 6.93. The highest BCUT2D eigenvalue weighted by atomic mass is 79.9. The number of benzene rings is 1. The number of rotatable bonds is 0. The minimum atomic E-state index is -0.437. The molecule has 142 valence electrons. The molecule has 1 aromatic carbocycles.